The number of aryl methyl sites for hydroxylation is 2. The zero-order valence-electron chi connectivity index (χ0n) is 88.9. The molecule has 5 amide bonds. The van der Waals surface area contributed by atoms with Crippen LogP contribution in [0.2, 0.25) is 5.02 Å². The third kappa shape index (κ3) is 70.9. The number of carbonyl (C=O) groups is 9. The summed E-state index contributed by atoms with van der Waals surface area (Å²) >= 11 is 6.44. The number of nitrogens with one attached hydrogen (secondary N) is 5. The van der Waals surface area contributed by atoms with Crippen molar-refractivity contribution in [3.63, 3.8) is 0 Å². The van der Waals surface area contributed by atoms with Crippen LogP contribution in [0.15, 0.2) is 54.6 Å². The van der Waals surface area contributed by atoms with Crippen LogP contribution in [0.5, 0.6) is 0 Å². The summed E-state index contributed by atoms with van der Waals surface area (Å²) < 4.78 is 145. The number of hydrogen-bond acceptors (Lipinski definition) is 35. The minimum absolute atomic E-state index is 0.0153. The molecule has 1 fully saturated rings. The number of esters is 1. The van der Waals surface area contributed by atoms with Gasteiger partial charge in [0.25, 0.3) is 0 Å². The van der Waals surface area contributed by atoms with Crippen molar-refractivity contribution in [1.29, 1.82) is 0 Å². The monoisotopic (exact) mass is 2120 g/mol. The van der Waals surface area contributed by atoms with E-state index in [0.29, 0.717) is 335 Å². The molecule has 2 aliphatic heterocycles. The second kappa shape index (κ2) is 88.5. The highest BCUT2D eigenvalue weighted by Crippen LogP contribution is 2.45. The molecule has 147 heavy (non-hydrogen) atoms. The number of ketones is 2. The number of Topliss-reactive ketones (excluding diaryl/α,β-unsaturated/α-hetero) is 2. The first-order chi connectivity index (χ1) is 71.4. The Bertz CT molecular complexity index is 3750. The Balaban J connectivity index is 0.925. The van der Waals surface area contributed by atoms with E-state index in [9.17, 15) is 43.2 Å². The fourth-order valence-electron chi connectivity index (χ4n) is 14.3. The van der Waals surface area contributed by atoms with E-state index in [0.717, 1.165) is 22.3 Å². The second-order valence-corrected chi connectivity index (χ2v) is 36.8. The number of epoxide rings is 1. The first-order valence-electron chi connectivity index (χ1n) is 52.2. The number of carboxylic acids is 1. The van der Waals surface area contributed by atoms with Crippen LogP contribution in [0.1, 0.15) is 147 Å². The number of carboxylic acid groups (broad SMARTS) is 1. The molecule has 2 heterocycles. The minimum Gasteiger partial charge on any atom is -0.481 e. The van der Waals surface area contributed by atoms with Crippen LogP contribution in [0.3, 0.4) is 0 Å². The van der Waals surface area contributed by atoms with E-state index in [4.69, 9.17) is 140 Å². The maximum absolute atomic E-state index is 14.3. The molecule has 1 saturated heterocycles. The average Bonchev–Trinajstić information content (AvgIpc) is 1.63. The summed E-state index contributed by atoms with van der Waals surface area (Å²) in [6.07, 6.45) is 3.54. The summed E-state index contributed by atoms with van der Waals surface area (Å²) in [5, 5.41) is 23.9. The second-order valence-electron chi connectivity index (χ2n) is 36.4. The highest BCUT2D eigenvalue weighted by molar-refractivity contribution is 6.31. The zero-order valence-corrected chi connectivity index (χ0v) is 89.7. The number of benzene rings is 2. The van der Waals surface area contributed by atoms with Crippen LogP contribution in [0.25, 0.3) is 0 Å². The van der Waals surface area contributed by atoms with Crippen LogP contribution in [0.4, 0.5) is 0 Å². The lowest BCUT2D eigenvalue weighted by Gasteiger charge is -2.30. The minimum atomic E-state index is -1.18. The molecule has 0 aliphatic carbocycles. The molecule has 0 spiro atoms. The molecule has 42 heteroatoms. The number of aliphatic carboxylic acids is 1. The van der Waals surface area contributed by atoms with Crippen molar-refractivity contribution in [2.75, 3.05) is 331 Å². The van der Waals surface area contributed by atoms with E-state index < -0.39 is 83.2 Å². The summed E-state index contributed by atoms with van der Waals surface area (Å²) in [7, 11) is 1.64. The summed E-state index contributed by atoms with van der Waals surface area (Å²) in [6.45, 7) is 36.0. The number of methoxy groups -OCH3 is 1. The quantitative estimate of drug-likeness (QED) is 0.0217. The normalized spacial score (nSPS) is 17.0. The number of ether oxygens (including phenoxy) is 26. The van der Waals surface area contributed by atoms with Gasteiger partial charge in [-0.2, -0.15) is 0 Å². The molecule has 0 unspecified atom stereocenters. The largest absolute Gasteiger partial charge is 0.481 e. The van der Waals surface area contributed by atoms with Crippen molar-refractivity contribution in [2.24, 2.45) is 29.1 Å². The zero-order chi connectivity index (χ0) is 106. The van der Waals surface area contributed by atoms with Gasteiger partial charge in [0.2, 0.25) is 29.5 Å². The summed E-state index contributed by atoms with van der Waals surface area (Å²) in [6, 6.07) is 10.1. The lowest BCUT2D eigenvalue weighted by molar-refractivity contribution is -0.157. The highest BCUT2D eigenvalue weighted by atomic mass is 35.5. The fourth-order valence-corrected chi connectivity index (χ4v) is 14.5. The standard InChI is InChI=1S/C105H176ClN5O36/c1-81(2)76-91-103(120)146-94(15-12-16-96(115)109-90(78-86-20-19-83(5)89(106)77-86)102(119)108-80-105(7,8)104(121)110-91)84(6)100-101(147-100)87-24-21-85(22-25-87)23-26-92(112)88(79-93(113)99(82(3)4)111-97(116)17-13-18-98(117)118)14-10-11-28-107-95(114)27-29-123-32-33-125-36-37-127-40-41-129-44-45-131-48-49-133-52-53-135-56-57-137-60-61-139-64-65-141-68-69-143-72-73-145-75-74-144-71-70-142-67-66-140-63-62-138-59-58-136-55-54-134-51-50-132-47-46-130-43-42-128-39-38-126-35-34-124-31-30-122-9/h12,16,19-22,24-25,77,81-82,84,88,90-91,94,99-101H,10-11,13-15,17-18,23,26-76,78-80H2,1-9H3,(H,107,114)(H,108,119)(H,109,115)(H,110,121)(H,111,116)(H,117,118)/b16-12+/t84-,88+,90+,91-,94-,99-,100+,101+/m0/s1. The number of amides is 5. The van der Waals surface area contributed by atoms with Crippen LogP contribution >= 0.6 is 11.6 Å². The van der Waals surface area contributed by atoms with Gasteiger partial charge >= 0.3 is 11.9 Å². The Morgan fingerprint density at radius 2 is 0.857 bits per heavy atom. The molecule has 0 bridgehead atoms. The van der Waals surface area contributed by atoms with Gasteiger partial charge in [0.05, 0.1) is 328 Å². The van der Waals surface area contributed by atoms with Gasteiger partial charge in [0.15, 0.2) is 5.78 Å². The summed E-state index contributed by atoms with van der Waals surface area (Å²) in [5.41, 5.74) is 2.10. The van der Waals surface area contributed by atoms with Crippen LogP contribution in [0, 0.1) is 36.0 Å². The molecule has 2 aromatic carbocycles. The van der Waals surface area contributed by atoms with Crippen LogP contribution in [-0.2, 0) is 179 Å². The number of carbonyl (C=O) groups excluding carboxylic acids is 8. The first-order valence-corrected chi connectivity index (χ1v) is 52.6. The molecule has 4 rings (SSSR count). The predicted octanol–water partition coefficient (Wildman–Crippen LogP) is 7.17. The van der Waals surface area contributed by atoms with Gasteiger partial charge in [0.1, 0.15) is 30.1 Å². The number of halogens is 1. The van der Waals surface area contributed by atoms with E-state index in [2.05, 4.69) is 26.6 Å². The lowest BCUT2D eigenvalue weighted by Crippen LogP contribution is -2.54. The van der Waals surface area contributed by atoms with Crippen molar-refractivity contribution in [3.8, 4) is 0 Å². The molecular weight excluding hydrogens is 1940 g/mol. The number of unbranched alkanes of at least 4 members (excludes halogenated alkanes) is 1. The molecule has 2 aliphatic rings. The maximum Gasteiger partial charge on any atom is 0.328 e. The molecule has 0 radical (unpaired) electrons. The van der Waals surface area contributed by atoms with E-state index in [1.165, 1.54) is 6.08 Å². The Kier molecular flexibility index (Phi) is 79.7. The van der Waals surface area contributed by atoms with E-state index in [1.807, 2.05) is 64.1 Å². The first kappa shape index (κ1) is 132. The fraction of sp³-hybridized carbons (Fsp3) is 0.781. The van der Waals surface area contributed by atoms with Crippen LogP contribution < -0.4 is 26.6 Å². The molecule has 844 valence electrons. The summed E-state index contributed by atoms with van der Waals surface area (Å²) in [4.78, 5) is 121. The van der Waals surface area contributed by atoms with Crippen molar-refractivity contribution in [1.82, 2.24) is 26.6 Å². The smallest absolute Gasteiger partial charge is 0.328 e. The van der Waals surface area contributed by atoms with E-state index in [1.54, 1.807) is 46.9 Å². The van der Waals surface area contributed by atoms with Gasteiger partial charge in [-0.05, 0) is 99.1 Å². The SMILES string of the molecule is COCCOCCOCCOCCOCCOCCOCCOCCOCCOCCOCCOCCOCCOCCOCCOCCOCCOCCOCCOCCOCCOCCOCCOCCC(=O)NCCCC[C@H](CC(=O)[C@@H](NC(=O)CCCC(=O)O)C(C)C)C(=O)CCc1ccc([C@H]2O[C@@H]2[C@@H](C)[C@@H]2C/C=C/C(=O)N[C@H](Cc3ccc(C)c(Cl)c3)C(=O)NCC(C)(C)C(=O)N[C@@H](CC(C)C)C(=O)O2)cc1. The summed E-state index contributed by atoms with van der Waals surface area (Å²) in [5.74, 6) is -5.71. The average molecular weight is 2120 g/mol. The van der Waals surface area contributed by atoms with Crippen molar-refractivity contribution >= 4 is 64.6 Å². The Morgan fingerprint density at radius 3 is 1.24 bits per heavy atom. The third-order valence-corrected chi connectivity index (χ3v) is 23.3. The molecule has 6 N–H and O–H groups in total. The number of cyclic esters (lactones) is 1. The van der Waals surface area contributed by atoms with Crippen molar-refractivity contribution in [3.05, 3.63) is 81.9 Å². The molecule has 8 atom stereocenters. The lowest BCUT2D eigenvalue weighted by atomic mass is 9.85. The Morgan fingerprint density at radius 1 is 0.463 bits per heavy atom. The molecule has 0 saturated carbocycles. The Hall–Kier alpha value is -6.90. The topological polar surface area (TPSA) is 477 Å². The van der Waals surface area contributed by atoms with Gasteiger partial charge in [0, 0.05) is 82.0 Å². The van der Waals surface area contributed by atoms with Crippen molar-refractivity contribution < 1.29 is 171 Å². The molecule has 2 aromatic rings. The van der Waals surface area contributed by atoms with Gasteiger partial charge in [-0.25, -0.2) is 4.79 Å². The Labute approximate surface area is 875 Å². The van der Waals surface area contributed by atoms with Gasteiger partial charge < -0.3 is 155 Å². The maximum atomic E-state index is 14.3. The number of rotatable bonds is 97. The van der Waals surface area contributed by atoms with Gasteiger partial charge in [-0.15, -0.1) is 0 Å². The van der Waals surface area contributed by atoms with Gasteiger partial charge in [-0.1, -0.05) is 95.1 Å². The molecular formula is C105H176ClN5O36. The number of hydrogen-bond donors (Lipinski definition) is 6. The van der Waals surface area contributed by atoms with Crippen molar-refractivity contribution in [2.45, 2.75) is 175 Å². The molecule has 0 aromatic heterocycles. The predicted molar refractivity (Wildman–Crippen MR) is 544 cm³/mol. The van der Waals surface area contributed by atoms with Crippen LogP contribution in [-0.4, -0.2) is 419 Å². The highest BCUT2D eigenvalue weighted by Gasteiger charge is 2.48. The third-order valence-electron chi connectivity index (χ3n) is 22.8. The van der Waals surface area contributed by atoms with E-state index in [-0.39, 0.29) is 113 Å². The van der Waals surface area contributed by atoms with E-state index >= 15 is 0 Å². The molecule has 41 nitrogen and oxygen atoms in total. The van der Waals surface area contributed by atoms with Gasteiger partial charge in [-0.3, -0.25) is 38.4 Å².